The number of amides is 1. The summed E-state index contributed by atoms with van der Waals surface area (Å²) in [5.41, 5.74) is 2.58. The van der Waals surface area contributed by atoms with E-state index >= 15 is 0 Å². The lowest BCUT2D eigenvalue weighted by Gasteiger charge is -2.05. The van der Waals surface area contributed by atoms with Crippen LogP contribution in [0.1, 0.15) is 49.7 Å². The fraction of sp³-hybridized carbons (Fsp3) is 0.529. The van der Waals surface area contributed by atoms with Crippen molar-refractivity contribution in [2.45, 2.75) is 51.9 Å². The molecule has 1 aromatic rings. The highest BCUT2D eigenvalue weighted by molar-refractivity contribution is 5.75. The summed E-state index contributed by atoms with van der Waals surface area (Å²) in [5, 5.41) is 11.3. The summed E-state index contributed by atoms with van der Waals surface area (Å²) in [6.45, 7) is 2.65. The molecule has 0 heterocycles. The van der Waals surface area contributed by atoms with E-state index in [1.807, 2.05) is 0 Å². The van der Waals surface area contributed by atoms with E-state index in [9.17, 15) is 9.59 Å². The molecule has 0 unspecified atom stereocenters. The van der Waals surface area contributed by atoms with Crippen molar-refractivity contribution in [3.63, 3.8) is 0 Å². The van der Waals surface area contributed by atoms with Crippen molar-refractivity contribution in [3.05, 3.63) is 35.4 Å². The number of carbonyl (C=O) groups excluding carboxylic acids is 1. The lowest BCUT2D eigenvalue weighted by molar-refractivity contribution is -0.137. The van der Waals surface area contributed by atoms with Crippen LogP contribution in [0.4, 0.5) is 0 Å². The first-order valence-electron chi connectivity index (χ1n) is 7.62. The third-order valence-corrected chi connectivity index (χ3v) is 3.38. The maximum atomic E-state index is 11.6. The molecular weight excluding hydrogens is 266 g/mol. The third-order valence-electron chi connectivity index (χ3n) is 3.38. The molecule has 0 bridgehead atoms. The Morgan fingerprint density at radius 3 is 2.33 bits per heavy atom. The van der Waals surface area contributed by atoms with Crippen molar-refractivity contribution in [2.75, 3.05) is 6.54 Å². The maximum Gasteiger partial charge on any atom is 0.303 e. The Morgan fingerprint density at radius 2 is 1.67 bits per heavy atom. The van der Waals surface area contributed by atoms with E-state index in [0.717, 1.165) is 25.7 Å². The average Bonchev–Trinajstić information content (AvgIpc) is 2.45. The largest absolute Gasteiger partial charge is 0.481 e. The van der Waals surface area contributed by atoms with Crippen LogP contribution in [0, 0.1) is 6.92 Å². The summed E-state index contributed by atoms with van der Waals surface area (Å²) >= 11 is 0. The molecule has 2 N–H and O–H groups in total. The zero-order valence-electron chi connectivity index (χ0n) is 12.7. The van der Waals surface area contributed by atoms with Gasteiger partial charge in [0.05, 0.1) is 0 Å². The van der Waals surface area contributed by atoms with Crippen molar-refractivity contribution in [1.29, 1.82) is 0 Å². The van der Waals surface area contributed by atoms with E-state index in [4.69, 9.17) is 5.11 Å². The number of carboxylic acids is 1. The predicted octanol–water partition coefficient (Wildman–Crippen LogP) is 3.08. The van der Waals surface area contributed by atoms with Crippen molar-refractivity contribution in [2.24, 2.45) is 0 Å². The number of carboxylic acid groups (broad SMARTS) is 1. The topological polar surface area (TPSA) is 66.4 Å². The molecule has 4 heteroatoms. The maximum absolute atomic E-state index is 11.6. The van der Waals surface area contributed by atoms with Crippen LogP contribution in [0.5, 0.6) is 0 Å². The molecule has 1 aromatic carbocycles. The molecule has 21 heavy (non-hydrogen) atoms. The fourth-order valence-corrected chi connectivity index (χ4v) is 2.09. The highest BCUT2D eigenvalue weighted by Gasteiger charge is 2.02. The molecule has 1 amide bonds. The summed E-state index contributed by atoms with van der Waals surface area (Å²) in [6.07, 6.45) is 4.96. The first-order valence-corrected chi connectivity index (χ1v) is 7.62. The van der Waals surface area contributed by atoms with E-state index in [-0.39, 0.29) is 12.3 Å². The van der Waals surface area contributed by atoms with Crippen LogP contribution < -0.4 is 5.32 Å². The van der Waals surface area contributed by atoms with Crippen LogP contribution in [0.3, 0.4) is 0 Å². The Hall–Kier alpha value is -1.84. The quantitative estimate of drug-likeness (QED) is 0.651. The van der Waals surface area contributed by atoms with Gasteiger partial charge < -0.3 is 10.4 Å². The van der Waals surface area contributed by atoms with Crippen LogP contribution >= 0.6 is 0 Å². The molecule has 0 aliphatic carbocycles. The summed E-state index contributed by atoms with van der Waals surface area (Å²) in [4.78, 5) is 21.9. The Labute approximate surface area is 126 Å². The van der Waals surface area contributed by atoms with Crippen LogP contribution in [0.2, 0.25) is 0 Å². The van der Waals surface area contributed by atoms with Gasteiger partial charge in [0.15, 0.2) is 0 Å². The van der Waals surface area contributed by atoms with E-state index in [0.29, 0.717) is 19.4 Å². The van der Waals surface area contributed by atoms with Crippen molar-refractivity contribution in [3.8, 4) is 0 Å². The molecule has 4 nitrogen and oxygen atoms in total. The summed E-state index contributed by atoms with van der Waals surface area (Å²) in [7, 11) is 0. The van der Waals surface area contributed by atoms with Gasteiger partial charge in [0.2, 0.25) is 5.91 Å². The van der Waals surface area contributed by atoms with Gasteiger partial charge in [-0.25, -0.2) is 0 Å². The third kappa shape index (κ3) is 8.84. The average molecular weight is 291 g/mol. The van der Waals surface area contributed by atoms with Crippen molar-refractivity contribution in [1.82, 2.24) is 5.32 Å². The Morgan fingerprint density at radius 1 is 1.00 bits per heavy atom. The number of aryl methyl sites for hydroxylation is 2. The van der Waals surface area contributed by atoms with Crippen LogP contribution in [0.25, 0.3) is 0 Å². The standard InChI is InChI=1S/C17H25NO3/c1-14-9-11-15(12-10-14)6-2-3-7-16(19)18-13-5-4-8-17(20)21/h9-12H,2-8,13H2,1H3,(H,18,19)(H,20,21). The molecule has 0 aromatic heterocycles. The van der Waals surface area contributed by atoms with Gasteiger partial charge in [-0.3, -0.25) is 9.59 Å². The lowest BCUT2D eigenvalue weighted by atomic mass is 10.1. The van der Waals surface area contributed by atoms with Gasteiger partial charge in [0, 0.05) is 19.4 Å². The van der Waals surface area contributed by atoms with Crippen molar-refractivity contribution < 1.29 is 14.7 Å². The highest BCUT2D eigenvalue weighted by Crippen LogP contribution is 2.08. The summed E-state index contributed by atoms with van der Waals surface area (Å²) < 4.78 is 0. The number of hydrogen-bond donors (Lipinski definition) is 2. The Kier molecular flexibility index (Phi) is 8.17. The first-order chi connectivity index (χ1) is 10.1. The highest BCUT2D eigenvalue weighted by atomic mass is 16.4. The first kappa shape index (κ1) is 17.2. The smallest absolute Gasteiger partial charge is 0.303 e. The number of nitrogens with one attached hydrogen (secondary N) is 1. The molecule has 1 rings (SSSR count). The second-order valence-corrected chi connectivity index (χ2v) is 5.39. The van der Waals surface area contributed by atoms with E-state index in [1.54, 1.807) is 0 Å². The zero-order valence-corrected chi connectivity index (χ0v) is 12.7. The number of aliphatic carboxylic acids is 1. The minimum atomic E-state index is -0.780. The number of hydrogen-bond acceptors (Lipinski definition) is 2. The van der Waals surface area contributed by atoms with Gasteiger partial charge in [-0.05, 0) is 44.6 Å². The molecule has 0 fully saturated rings. The van der Waals surface area contributed by atoms with Crippen LogP contribution in [0.15, 0.2) is 24.3 Å². The Bertz CT molecular complexity index is 440. The molecule has 0 atom stereocenters. The van der Waals surface area contributed by atoms with Gasteiger partial charge in [-0.1, -0.05) is 29.8 Å². The summed E-state index contributed by atoms with van der Waals surface area (Å²) in [5.74, 6) is -0.716. The minimum absolute atomic E-state index is 0.0641. The second-order valence-electron chi connectivity index (χ2n) is 5.39. The molecule has 0 radical (unpaired) electrons. The molecule has 0 saturated heterocycles. The van der Waals surface area contributed by atoms with Gasteiger partial charge in [0.25, 0.3) is 0 Å². The summed E-state index contributed by atoms with van der Waals surface area (Å²) in [6, 6.07) is 8.49. The van der Waals surface area contributed by atoms with Gasteiger partial charge in [-0.2, -0.15) is 0 Å². The molecule has 0 aliphatic heterocycles. The Balaban J connectivity index is 2.00. The monoisotopic (exact) mass is 291 g/mol. The lowest BCUT2D eigenvalue weighted by Crippen LogP contribution is -2.24. The predicted molar refractivity (Wildman–Crippen MR) is 83.2 cm³/mol. The van der Waals surface area contributed by atoms with E-state index in [2.05, 4.69) is 36.5 Å². The van der Waals surface area contributed by atoms with E-state index in [1.165, 1.54) is 11.1 Å². The fourth-order valence-electron chi connectivity index (χ4n) is 2.09. The SMILES string of the molecule is Cc1ccc(CCCCC(=O)NCCCCC(=O)O)cc1. The molecule has 0 spiro atoms. The van der Waals surface area contributed by atoms with Crippen LogP contribution in [-0.2, 0) is 16.0 Å². The number of rotatable bonds is 10. The molecule has 116 valence electrons. The molecule has 0 saturated carbocycles. The van der Waals surface area contributed by atoms with E-state index < -0.39 is 5.97 Å². The minimum Gasteiger partial charge on any atom is -0.481 e. The van der Waals surface area contributed by atoms with Crippen LogP contribution in [-0.4, -0.2) is 23.5 Å². The number of carbonyl (C=O) groups is 2. The number of unbranched alkanes of at least 4 members (excludes halogenated alkanes) is 2. The second kappa shape index (κ2) is 9.97. The van der Waals surface area contributed by atoms with Gasteiger partial charge in [0.1, 0.15) is 0 Å². The molecular formula is C17H25NO3. The van der Waals surface area contributed by atoms with Gasteiger partial charge >= 0.3 is 5.97 Å². The number of benzene rings is 1. The van der Waals surface area contributed by atoms with Gasteiger partial charge in [-0.15, -0.1) is 0 Å². The normalized spacial score (nSPS) is 10.3. The molecule has 0 aliphatic rings. The zero-order chi connectivity index (χ0) is 15.5. The van der Waals surface area contributed by atoms with Crippen molar-refractivity contribution >= 4 is 11.9 Å².